The van der Waals surface area contributed by atoms with Crippen LogP contribution in [0.2, 0.25) is 0 Å². The van der Waals surface area contributed by atoms with Crippen LogP contribution in [0.5, 0.6) is 0 Å². The van der Waals surface area contributed by atoms with E-state index in [1.165, 1.54) is 0 Å². The van der Waals surface area contributed by atoms with E-state index in [2.05, 4.69) is 26.0 Å². The highest BCUT2D eigenvalue weighted by Gasteiger charge is 2.39. The topological polar surface area (TPSA) is 26.3 Å². The lowest BCUT2D eigenvalue weighted by atomic mass is 9.73. The first-order valence-corrected chi connectivity index (χ1v) is 7.44. The summed E-state index contributed by atoms with van der Waals surface area (Å²) in [4.78, 5) is 12.5. The molecule has 0 aliphatic heterocycles. The van der Waals surface area contributed by atoms with E-state index >= 15 is 0 Å². The Bertz CT molecular complexity index is 372. The van der Waals surface area contributed by atoms with Crippen molar-refractivity contribution in [1.82, 2.24) is 0 Å². The summed E-state index contributed by atoms with van der Waals surface area (Å²) < 4.78 is 5.37. The van der Waals surface area contributed by atoms with Gasteiger partial charge in [-0.25, -0.2) is 0 Å². The molecule has 1 unspecified atom stereocenters. The summed E-state index contributed by atoms with van der Waals surface area (Å²) in [6, 6.07) is 10.1. The standard InChI is InChI=1S/C17H26O2/c1-4-7-14-17(13-5-2,16(18)19-6-3)15-11-9-8-10-12-15/h8-12H,4-7,13-14H2,1-3H3. The SMILES string of the molecule is CCCCC(CCC)(C(=O)OCC)c1ccccc1. The minimum atomic E-state index is -0.456. The molecule has 1 aromatic rings. The van der Waals surface area contributed by atoms with E-state index in [-0.39, 0.29) is 5.97 Å². The van der Waals surface area contributed by atoms with E-state index in [0.29, 0.717) is 6.61 Å². The second-order valence-electron chi connectivity index (χ2n) is 5.02. The quantitative estimate of drug-likeness (QED) is 0.646. The van der Waals surface area contributed by atoms with Gasteiger partial charge in [0.25, 0.3) is 0 Å². The molecule has 2 nitrogen and oxygen atoms in total. The number of carbonyl (C=O) groups is 1. The van der Waals surface area contributed by atoms with Gasteiger partial charge in [0.1, 0.15) is 0 Å². The molecule has 1 atom stereocenters. The maximum Gasteiger partial charge on any atom is 0.316 e. The molecule has 0 aliphatic rings. The Hall–Kier alpha value is -1.31. The molecule has 0 spiro atoms. The average Bonchev–Trinajstić information content (AvgIpc) is 2.44. The van der Waals surface area contributed by atoms with Crippen molar-refractivity contribution < 1.29 is 9.53 Å². The van der Waals surface area contributed by atoms with Crippen molar-refractivity contribution in [3.8, 4) is 0 Å². The highest BCUT2D eigenvalue weighted by Crippen LogP contribution is 2.36. The molecule has 0 bridgehead atoms. The molecule has 0 heterocycles. The number of esters is 1. The zero-order chi connectivity index (χ0) is 14.1. The smallest absolute Gasteiger partial charge is 0.316 e. The third-order valence-corrected chi connectivity index (χ3v) is 3.63. The maximum atomic E-state index is 12.5. The maximum absolute atomic E-state index is 12.5. The first-order chi connectivity index (χ1) is 9.21. The van der Waals surface area contributed by atoms with Crippen molar-refractivity contribution >= 4 is 5.97 Å². The highest BCUT2D eigenvalue weighted by molar-refractivity contribution is 5.83. The molecule has 0 saturated carbocycles. The van der Waals surface area contributed by atoms with E-state index in [0.717, 1.165) is 37.7 Å². The Kier molecular flexibility index (Phi) is 6.61. The molecule has 0 amide bonds. The summed E-state index contributed by atoms with van der Waals surface area (Å²) >= 11 is 0. The number of benzene rings is 1. The molecular weight excluding hydrogens is 236 g/mol. The third-order valence-electron chi connectivity index (χ3n) is 3.63. The molecule has 2 heteroatoms. The largest absolute Gasteiger partial charge is 0.465 e. The van der Waals surface area contributed by atoms with Crippen molar-refractivity contribution in [2.24, 2.45) is 0 Å². The van der Waals surface area contributed by atoms with Crippen LogP contribution in [0.3, 0.4) is 0 Å². The molecular formula is C17H26O2. The number of hydrogen-bond donors (Lipinski definition) is 0. The van der Waals surface area contributed by atoms with E-state index < -0.39 is 5.41 Å². The average molecular weight is 262 g/mol. The van der Waals surface area contributed by atoms with Gasteiger partial charge in [-0.2, -0.15) is 0 Å². The summed E-state index contributed by atoms with van der Waals surface area (Å²) in [6.45, 7) is 6.61. The Morgan fingerprint density at radius 2 is 1.74 bits per heavy atom. The summed E-state index contributed by atoms with van der Waals surface area (Å²) in [7, 11) is 0. The molecule has 0 radical (unpaired) electrons. The Balaban J connectivity index is 3.14. The lowest BCUT2D eigenvalue weighted by Crippen LogP contribution is -2.37. The minimum absolute atomic E-state index is 0.0588. The number of carbonyl (C=O) groups excluding carboxylic acids is 1. The van der Waals surface area contributed by atoms with Gasteiger partial charge in [-0.05, 0) is 25.3 Å². The third kappa shape index (κ3) is 3.82. The van der Waals surface area contributed by atoms with Crippen LogP contribution < -0.4 is 0 Å². The summed E-state index contributed by atoms with van der Waals surface area (Å²) in [5.74, 6) is -0.0588. The second-order valence-corrected chi connectivity index (χ2v) is 5.02. The van der Waals surface area contributed by atoms with Crippen molar-refractivity contribution in [3.63, 3.8) is 0 Å². The molecule has 19 heavy (non-hydrogen) atoms. The lowest BCUT2D eigenvalue weighted by molar-refractivity contribution is -0.151. The fourth-order valence-corrected chi connectivity index (χ4v) is 2.67. The normalized spacial score (nSPS) is 13.8. The van der Waals surface area contributed by atoms with Crippen LogP contribution in [0.1, 0.15) is 58.4 Å². The van der Waals surface area contributed by atoms with Crippen LogP contribution in [0, 0.1) is 0 Å². The van der Waals surface area contributed by atoms with Crippen molar-refractivity contribution in [1.29, 1.82) is 0 Å². The van der Waals surface area contributed by atoms with Crippen molar-refractivity contribution in [3.05, 3.63) is 35.9 Å². The summed E-state index contributed by atoms with van der Waals surface area (Å²) in [5, 5.41) is 0. The predicted octanol–water partition coefficient (Wildman–Crippen LogP) is 4.48. The van der Waals surface area contributed by atoms with Crippen LogP contribution >= 0.6 is 0 Å². The Morgan fingerprint density at radius 3 is 2.26 bits per heavy atom. The van der Waals surface area contributed by atoms with Gasteiger partial charge in [0.2, 0.25) is 0 Å². The van der Waals surface area contributed by atoms with Crippen molar-refractivity contribution in [2.45, 2.75) is 58.3 Å². The van der Waals surface area contributed by atoms with E-state index in [1.54, 1.807) is 0 Å². The zero-order valence-electron chi connectivity index (χ0n) is 12.4. The molecule has 0 fully saturated rings. The lowest BCUT2D eigenvalue weighted by Gasteiger charge is -2.32. The van der Waals surface area contributed by atoms with Gasteiger partial charge < -0.3 is 4.74 Å². The van der Waals surface area contributed by atoms with Crippen LogP contribution in [0.4, 0.5) is 0 Å². The molecule has 0 N–H and O–H groups in total. The minimum Gasteiger partial charge on any atom is -0.465 e. The van der Waals surface area contributed by atoms with Crippen molar-refractivity contribution in [2.75, 3.05) is 6.61 Å². The Labute approximate surface area is 117 Å². The molecule has 0 saturated heterocycles. The number of hydrogen-bond acceptors (Lipinski definition) is 2. The molecule has 0 aromatic heterocycles. The highest BCUT2D eigenvalue weighted by atomic mass is 16.5. The number of ether oxygens (including phenoxy) is 1. The van der Waals surface area contributed by atoms with Crippen LogP contribution in [0.15, 0.2) is 30.3 Å². The van der Waals surface area contributed by atoms with Gasteiger partial charge in [0.15, 0.2) is 0 Å². The molecule has 0 aliphatic carbocycles. The molecule has 1 rings (SSSR count). The van der Waals surface area contributed by atoms with Gasteiger partial charge in [-0.3, -0.25) is 4.79 Å². The van der Waals surface area contributed by atoms with Gasteiger partial charge in [0, 0.05) is 0 Å². The van der Waals surface area contributed by atoms with Crippen LogP contribution in [-0.4, -0.2) is 12.6 Å². The molecule has 106 valence electrons. The first-order valence-electron chi connectivity index (χ1n) is 7.44. The predicted molar refractivity (Wildman–Crippen MR) is 79.2 cm³/mol. The fraction of sp³-hybridized carbons (Fsp3) is 0.588. The van der Waals surface area contributed by atoms with Gasteiger partial charge >= 0.3 is 5.97 Å². The summed E-state index contributed by atoms with van der Waals surface area (Å²) in [5.41, 5.74) is 0.644. The Morgan fingerprint density at radius 1 is 1.05 bits per heavy atom. The van der Waals surface area contributed by atoms with Gasteiger partial charge in [-0.1, -0.05) is 63.4 Å². The van der Waals surface area contributed by atoms with Gasteiger partial charge in [-0.15, -0.1) is 0 Å². The first kappa shape index (κ1) is 15.7. The number of unbranched alkanes of at least 4 members (excludes halogenated alkanes) is 1. The molecule has 1 aromatic carbocycles. The number of rotatable bonds is 8. The van der Waals surface area contributed by atoms with Gasteiger partial charge in [0.05, 0.1) is 12.0 Å². The van der Waals surface area contributed by atoms with Crippen LogP contribution in [-0.2, 0) is 14.9 Å². The van der Waals surface area contributed by atoms with E-state index in [9.17, 15) is 4.79 Å². The zero-order valence-corrected chi connectivity index (χ0v) is 12.4. The fourth-order valence-electron chi connectivity index (χ4n) is 2.67. The van der Waals surface area contributed by atoms with Crippen LogP contribution in [0.25, 0.3) is 0 Å². The van der Waals surface area contributed by atoms with E-state index in [4.69, 9.17) is 4.74 Å². The summed E-state index contributed by atoms with van der Waals surface area (Å²) in [6.07, 6.45) is 4.86. The second kappa shape index (κ2) is 7.98. The van der Waals surface area contributed by atoms with E-state index in [1.807, 2.05) is 25.1 Å². The monoisotopic (exact) mass is 262 g/mol.